The monoisotopic (exact) mass is 559 g/mol. The van der Waals surface area contributed by atoms with E-state index < -0.39 is 5.97 Å². The maximum absolute atomic E-state index is 13.6. The van der Waals surface area contributed by atoms with Crippen molar-refractivity contribution in [2.75, 3.05) is 26.7 Å². The smallest absolute Gasteiger partial charge is 0.339 e. The Morgan fingerprint density at radius 3 is 2.32 bits per heavy atom. The molecule has 7 nitrogen and oxygen atoms in total. The van der Waals surface area contributed by atoms with Gasteiger partial charge in [0.15, 0.2) is 0 Å². The van der Waals surface area contributed by atoms with Crippen molar-refractivity contribution in [3.63, 3.8) is 0 Å². The number of likely N-dealkylation sites (tertiary alicyclic amines) is 1. The summed E-state index contributed by atoms with van der Waals surface area (Å²) in [6.45, 7) is 9.52. The van der Waals surface area contributed by atoms with Gasteiger partial charge in [0, 0.05) is 44.2 Å². The standard InChI is InChI=1S/C34H45N3O4/c1-21(2)41-32-19-29(23-7-5-6-8-23)28(24-9-10-24)17-25(32)20-36-14-11-26(12-15-36)37-16-13-31-30(33(37)38)18-27(22(3)35-31)34(39)40-4/h17-19,21,23-24,26H,5-16,20H2,1-4H3. The van der Waals surface area contributed by atoms with Crippen LogP contribution in [0.4, 0.5) is 0 Å². The number of fused-ring (bicyclic) bond motifs is 1. The highest BCUT2D eigenvalue weighted by molar-refractivity contribution is 6.00. The van der Waals surface area contributed by atoms with Gasteiger partial charge in [-0.25, -0.2) is 4.79 Å². The highest BCUT2D eigenvalue weighted by atomic mass is 16.5. The third kappa shape index (κ3) is 5.88. The van der Waals surface area contributed by atoms with Gasteiger partial charge in [0.1, 0.15) is 5.75 Å². The van der Waals surface area contributed by atoms with Crippen LogP contribution in [-0.4, -0.2) is 65.6 Å². The second kappa shape index (κ2) is 11.7. The van der Waals surface area contributed by atoms with Crippen molar-refractivity contribution in [3.05, 3.63) is 57.4 Å². The summed E-state index contributed by atoms with van der Waals surface area (Å²) in [4.78, 5) is 34.9. The first-order valence-corrected chi connectivity index (χ1v) is 15.8. The molecule has 0 N–H and O–H groups in total. The number of hydrogen-bond acceptors (Lipinski definition) is 6. The summed E-state index contributed by atoms with van der Waals surface area (Å²) in [6.07, 6.45) is 10.7. The van der Waals surface area contributed by atoms with Crippen LogP contribution in [0, 0.1) is 6.92 Å². The van der Waals surface area contributed by atoms with Crippen molar-refractivity contribution in [2.24, 2.45) is 0 Å². The van der Waals surface area contributed by atoms with E-state index in [0.717, 1.165) is 56.3 Å². The maximum Gasteiger partial charge on any atom is 0.339 e. The Hall–Kier alpha value is -2.93. The first-order chi connectivity index (χ1) is 19.8. The van der Waals surface area contributed by atoms with Crippen LogP contribution in [0.2, 0.25) is 0 Å². The third-order valence-electron chi connectivity index (χ3n) is 9.61. The molecule has 7 heteroatoms. The number of ether oxygens (including phenoxy) is 2. The van der Waals surface area contributed by atoms with Crippen LogP contribution >= 0.6 is 0 Å². The van der Waals surface area contributed by atoms with Gasteiger partial charge in [-0.2, -0.15) is 0 Å². The van der Waals surface area contributed by atoms with Crippen LogP contribution in [-0.2, 0) is 17.7 Å². The molecule has 2 saturated carbocycles. The molecule has 2 aliphatic carbocycles. The Morgan fingerprint density at radius 2 is 1.66 bits per heavy atom. The summed E-state index contributed by atoms with van der Waals surface area (Å²) in [7, 11) is 1.36. The summed E-state index contributed by atoms with van der Waals surface area (Å²) in [6, 6.07) is 6.80. The highest BCUT2D eigenvalue weighted by Gasteiger charge is 2.35. The zero-order valence-corrected chi connectivity index (χ0v) is 25.2. The van der Waals surface area contributed by atoms with E-state index in [1.807, 2.05) is 4.90 Å². The molecule has 1 saturated heterocycles. The minimum Gasteiger partial charge on any atom is -0.491 e. The highest BCUT2D eigenvalue weighted by Crippen LogP contribution is 2.48. The minimum absolute atomic E-state index is 0.00782. The lowest BCUT2D eigenvalue weighted by Gasteiger charge is -2.40. The zero-order chi connectivity index (χ0) is 28.7. The van der Waals surface area contributed by atoms with Gasteiger partial charge in [-0.15, -0.1) is 0 Å². The molecule has 0 unspecified atom stereocenters. The number of hydrogen-bond donors (Lipinski definition) is 0. The van der Waals surface area contributed by atoms with E-state index in [1.165, 1.54) is 51.2 Å². The van der Waals surface area contributed by atoms with Gasteiger partial charge in [0.05, 0.1) is 35.7 Å². The Labute approximate surface area is 244 Å². The average Bonchev–Trinajstić information content (AvgIpc) is 3.66. The number of aryl methyl sites for hydroxylation is 1. The van der Waals surface area contributed by atoms with Crippen LogP contribution in [0.5, 0.6) is 5.75 Å². The van der Waals surface area contributed by atoms with Crippen LogP contribution in [0.3, 0.4) is 0 Å². The molecule has 1 aromatic carbocycles. The first kappa shape index (κ1) is 28.2. The molecule has 220 valence electrons. The van der Waals surface area contributed by atoms with Gasteiger partial charge in [-0.1, -0.05) is 18.9 Å². The Kier molecular flexibility index (Phi) is 8.08. The maximum atomic E-state index is 13.6. The van der Waals surface area contributed by atoms with Crippen LogP contribution in [0.15, 0.2) is 18.2 Å². The van der Waals surface area contributed by atoms with Gasteiger partial charge >= 0.3 is 5.97 Å². The molecule has 0 spiro atoms. The zero-order valence-electron chi connectivity index (χ0n) is 25.2. The quantitative estimate of drug-likeness (QED) is 0.361. The van der Waals surface area contributed by atoms with Crippen LogP contribution < -0.4 is 4.74 Å². The molecule has 41 heavy (non-hydrogen) atoms. The SMILES string of the molecule is COC(=O)c1cc2c(nc1C)CCN(C1CCN(Cc3cc(C4CC4)c(C4CCCC4)cc3OC(C)C)CC1)C2=O. The molecule has 2 aromatic rings. The second-order valence-electron chi connectivity index (χ2n) is 12.9. The molecule has 3 fully saturated rings. The molecule has 0 bridgehead atoms. The van der Waals surface area contributed by atoms with Crippen molar-refractivity contribution in [1.82, 2.24) is 14.8 Å². The number of aromatic nitrogens is 1. The summed E-state index contributed by atoms with van der Waals surface area (Å²) in [5, 5.41) is 0. The molecule has 1 aromatic heterocycles. The normalized spacial score (nSPS) is 20.5. The molecule has 0 radical (unpaired) electrons. The lowest BCUT2D eigenvalue weighted by Crippen LogP contribution is -2.50. The molecule has 4 aliphatic rings. The number of esters is 1. The molecule has 2 aliphatic heterocycles. The lowest BCUT2D eigenvalue weighted by molar-refractivity contribution is 0.0542. The summed E-state index contributed by atoms with van der Waals surface area (Å²) in [5.74, 6) is 2.04. The molecule has 6 rings (SSSR count). The van der Waals surface area contributed by atoms with Crippen molar-refractivity contribution in [3.8, 4) is 5.75 Å². The number of carbonyl (C=O) groups is 2. The number of nitrogens with zero attached hydrogens (tertiary/aromatic N) is 3. The van der Waals surface area contributed by atoms with Crippen LogP contribution in [0.25, 0.3) is 0 Å². The van der Waals surface area contributed by atoms with E-state index in [9.17, 15) is 9.59 Å². The van der Waals surface area contributed by atoms with Crippen molar-refractivity contribution in [2.45, 2.75) is 109 Å². The molecular weight excluding hydrogens is 514 g/mol. The van der Waals surface area contributed by atoms with E-state index in [2.05, 4.69) is 35.9 Å². The lowest BCUT2D eigenvalue weighted by atomic mass is 9.88. The topological polar surface area (TPSA) is 72.0 Å². The van der Waals surface area contributed by atoms with Gasteiger partial charge in [0.25, 0.3) is 5.91 Å². The fourth-order valence-corrected chi connectivity index (χ4v) is 7.29. The first-order valence-electron chi connectivity index (χ1n) is 15.8. The minimum atomic E-state index is -0.446. The fraction of sp³-hybridized carbons (Fsp3) is 0.618. The van der Waals surface area contributed by atoms with E-state index in [-0.39, 0.29) is 18.1 Å². The number of amides is 1. The number of methoxy groups -OCH3 is 1. The molecular formula is C34H45N3O4. The Balaban J connectivity index is 1.15. The van der Waals surface area contributed by atoms with E-state index in [0.29, 0.717) is 29.3 Å². The largest absolute Gasteiger partial charge is 0.491 e. The van der Waals surface area contributed by atoms with E-state index >= 15 is 0 Å². The van der Waals surface area contributed by atoms with E-state index in [4.69, 9.17) is 9.47 Å². The molecule has 3 heterocycles. The van der Waals surface area contributed by atoms with Gasteiger partial charge < -0.3 is 14.4 Å². The summed E-state index contributed by atoms with van der Waals surface area (Å²) in [5.41, 5.74) is 6.81. The average molecular weight is 560 g/mol. The fourth-order valence-electron chi connectivity index (χ4n) is 7.29. The summed E-state index contributed by atoms with van der Waals surface area (Å²) < 4.78 is 11.3. The van der Waals surface area contributed by atoms with Gasteiger partial charge in [0.2, 0.25) is 0 Å². The van der Waals surface area contributed by atoms with Crippen LogP contribution in [0.1, 0.15) is 126 Å². The number of rotatable bonds is 8. The van der Waals surface area contributed by atoms with Crippen molar-refractivity contribution < 1.29 is 19.1 Å². The summed E-state index contributed by atoms with van der Waals surface area (Å²) >= 11 is 0. The Morgan fingerprint density at radius 1 is 0.976 bits per heavy atom. The second-order valence-corrected chi connectivity index (χ2v) is 12.9. The predicted molar refractivity (Wildman–Crippen MR) is 159 cm³/mol. The third-order valence-corrected chi connectivity index (χ3v) is 9.61. The van der Waals surface area contributed by atoms with Gasteiger partial charge in [-0.05, 0) is 94.4 Å². The number of benzene rings is 1. The van der Waals surface area contributed by atoms with E-state index in [1.54, 1.807) is 24.1 Å². The number of piperidine rings is 1. The predicted octanol–water partition coefficient (Wildman–Crippen LogP) is 6.16. The van der Waals surface area contributed by atoms with Gasteiger partial charge in [-0.3, -0.25) is 14.7 Å². The number of carbonyl (C=O) groups excluding carboxylic acids is 2. The Bertz CT molecular complexity index is 1300. The molecule has 1 amide bonds. The van der Waals surface area contributed by atoms with Crippen molar-refractivity contribution >= 4 is 11.9 Å². The molecule has 0 atom stereocenters. The van der Waals surface area contributed by atoms with Crippen molar-refractivity contribution in [1.29, 1.82) is 0 Å². The number of pyridine rings is 1.